The third-order valence-electron chi connectivity index (χ3n) is 2.05. The highest BCUT2D eigenvalue weighted by atomic mass is 79.9. The molecule has 0 aliphatic rings. The van der Waals surface area contributed by atoms with Crippen LogP contribution in [0.5, 0.6) is 5.75 Å². The maximum Gasteiger partial charge on any atom is 0.145 e. The highest BCUT2D eigenvalue weighted by Crippen LogP contribution is 2.38. The molecule has 0 spiro atoms. The molecule has 0 unspecified atom stereocenters. The minimum absolute atomic E-state index is 0.526. The fourth-order valence-electron chi connectivity index (χ4n) is 1.35. The maximum absolute atomic E-state index is 6.08. The molecule has 0 bridgehead atoms. The quantitative estimate of drug-likeness (QED) is 0.783. The van der Waals surface area contributed by atoms with E-state index >= 15 is 0 Å². The van der Waals surface area contributed by atoms with Crippen molar-refractivity contribution in [3.8, 4) is 5.75 Å². The van der Waals surface area contributed by atoms with Crippen molar-refractivity contribution in [3.05, 3.63) is 32.8 Å². The number of hydrogen-bond acceptors (Lipinski definition) is 2. The molecule has 0 aliphatic carbocycles. The number of fused-ring (bicyclic) bond motifs is 1. The van der Waals surface area contributed by atoms with E-state index in [-0.39, 0.29) is 0 Å². The Morgan fingerprint density at radius 3 is 2.67 bits per heavy atom. The molecule has 0 amide bonds. The van der Waals surface area contributed by atoms with Crippen molar-refractivity contribution < 1.29 is 4.74 Å². The van der Waals surface area contributed by atoms with Crippen LogP contribution in [0, 0.1) is 0 Å². The summed E-state index contributed by atoms with van der Waals surface area (Å²) in [5, 5.41) is 1.88. The lowest BCUT2D eigenvalue weighted by Crippen LogP contribution is -1.89. The number of pyridine rings is 1. The number of halogens is 3. The molecule has 0 atom stereocenters. The monoisotopic (exact) mass is 305 g/mol. The molecule has 78 valence electrons. The van der Waals surface area contributed by atoms with Crippen LogP contribution < -0.4 is 4.74 Å². The van der Waals surface area contributed by atoms with Gasteiger partial charge >= 0.3 is 0 Å². The first-order chi connectivity index (χ1) is 7.15. The van der Waals surface area contributed by atoms with Gasteiger partial charge in [0.1, 0.15) is 11.3 Å². The minimum Gasteiger partial charge on any atom is -0.494 e. The average molecular weight is 307 g/mol. The fraction of sp³-hybridized carbons (Fsp3) is 0.100. The second-order valence-electron chi connectivity index (χ2n) is 2.89. The first-order valence-electron chi connectivity index (χ1n) is 4.11. The summed E-state index contributed by atoms with van der Waals surface area (Å²) in [6.07, 6.45) is 1.56. The number of hydrogen-bond donors (Lipinski definition) is 0. The summed E-state index contributed by atoms with van der Waals surface area (Å²) in [5.41, 5.74) is 0.696. The number of ether oxygens (including phenoxy) is 1. The van der Waals surface area contributed by atoms with Gasteiger partial charge in [-0.15, -0.1) is 0 Å². The highest BCUT2D eigenvalue weighted by Gasteiger charge is 2.12. The van der Waals surface area contributed by atoms with Crippen molar-refractivity contribution in [1.82, 2.24) is 4.98 Å². The second-order valence-corrected chi connectivity index (χ2v) is 4.50. The van der Waals surface area contributed by atoms with Crippen LogP contribution in [0.2, 0.25) is 10.0 Å². The molecule has 2 aromatic rings. The average Bonchev–Trinajstić information content (AvgIpc) is 2.24. The number of nitrogens with zero attached hydrogens (tertiary/aromatic N) is 1. The van der Waals surface area contributed by atoms with Gasteiger partial charge in [-0.3, -0.25) is 4.98 Å². The van der Waals surface area contributed by atoms with Gasteiger partial charge in [0.05, 0.1) is 17.2 Å². The molecule has 2 nitrogen and oxygen atoms in total. The third kappa shape index (κ3) is 1.80. The van der Waals surface area contributed by atoms with E-state index in [0.717, 1.165) is 9.86 Å². The van der Waals surface area contributed by atoms with Crippen molar-refractivity contribution in [1.29, 1.82) is 0 Å². The summed E-state index contributed by atoms with van der Waals surface area (Å²) in [4.78, 5) is 4.20. The van der Waals surface area contributed by atoms with Crippen LogP contribution in [-0.4, -0.2) is 12.1 Å². The van der Waals surface area contributed by atoms with E-state index < -0.39 is 0 Å². The predicted octanol–water partition coefficient (Wildman–Crippen LogP) is 4.31. The Morgan fingerprint density at radius 2 is 2.00 bits per heavy atom. The Labute approximate surface area is 105 Å². The number of benzene rings is 1. The van der Waals surface area contributed by atoms with Crippen molar-refractivity contribution in [2.75, 3.05) is 7.11 Å². The number of rotatable bonds is 1. The second kappa shape index (κ2) is 4.16. The van der Waals surface area contributed by atoms with E-state index in [1.54, 1.807) is 25.4 Å². The Balaban J connectivity index is 2.93. The summed E-state index contributed by atoms with van der Waals surface area (Å²) in [6, 6.07) is 3.53. The van der Waals surface area contributed by atoms with Crippen LogP contribution in [0.25, 0.3) is 10.9 Å². The Morgan fingerprint density at radius 1 is 1.27 bits per heavy atom. The molecule has 2 rings (SSSR count). The molecule has 0 fully saturated rings. The lowest BCUT2D eigenvalue weighted by atomic mass is 10.2. The summed E-state index contributed by atoms with van der Waals surface area (Å²) >= 11 is 15.4. The van der Waals surface area contributed by atoms with Gasteiger partial charge in [-0.1, -0.05) is 23.2 Å². The normalized spacial score (nSPS) is 10.7. The Kier molecular flexibility index (Phi) is 3.05. The van der Waals surface area contributed by atoms with E-state index in [9.17, 15) is 0 Å². The topological polar surface area (TPSA) is 22.1 Å². The standard InChI is InChI=1S/C10H6BrCl2NO/c1-15-7-3-2-5(12)8-9(11)6(13)4-14-10(7)8/h2-4H,1H3. The predicted molar refractivity (Wildman–Crippen MR) is 66.0 cm³/mol. The van der Waals surface area contributed by atoms with Gasteiger partial charge in [0.2, 0.25) is 0 Å². The summed E-state index contributed by atoms with van der Waals surface area (Å²) < 4.78 is 5.93. The molecule has 0 N–H and O–H groups in total. The van der Waals surface area contributed by atoms with Gasteiger partial charge in [0, 0.05) is 16.1 Å². The lowest BCUT2D eigenvalue weighted by molar-refractivity contribution is 0.419. The van der Waals surface area contributed by atoms with Gasteiger partial charge in [0.25, 0.3) is 0 Å². The smallest absolute Gasteiger partial charge is 0.145 e. The van der Waals surface area contributed by atoms with Crippen LogP contribution in [0.4, 0.5) is 0 Å². The SMILES string of the molecule is COc1ccc(Cl)c2c(Br)c(Cl)cnc12. The van der Waals surface area contributed by atoms with Crippen LogP contribution in [0.1, 0.15) is 0 Å². The molecule has 1 aromatic carbocycles. The van der Waals surface area contributed by atoms with Crippen molar-refractivity contribution in [2.24, 2.45) is 0 Å². The van der Waals surface area contributed by atoms with E-state index in [1.165, 1.54) is 0 Å². The largest absolute Gasteiger partial charge is 0.494 e. The first kappa shape index (κ1) is 11.0. The fourth-order valence-corrected chi connectivity index (χ4v) is 2.35. The minimum atomic E-state index is 0.526. The van der Waals surface area contributed by atoms with Gasteiger partial charge in [-0.05, 0) is 28.1 Å². The molecular formula is C10H6BrCl2NO. The molecular weight excluding hydrogens is 301 g/mol. The Bertz CT molecular complexity index is 530. The van der Waals surface area contributed by atoms with Crippen LogP contribution in [0.15, 0.2) is 22.8 Å². The van der Waals surface area contributed by atoms with E-state index in [2.05, 4.69) is 20.9 Å². The molecule has 1 heterocycles. The number of methoxy groups -OCH3 is 1. The van der Waals surface area contributed by atoms with E-state index in [0.29, 0.717) is 21.3 Å². The van der Waals surface area contributed by atoms with Gasteiger partial charge in [-0.25, -0.2) is 0 Å². The summed E-state index contributed by atoms with van der Waals surface area (Å²) in [6.45, 7) is 0. The van der Waals surface area contributed by atoms with Crippen LogP contribution in [0.3, 0.4) is 0 Å². The third-order valence-corrected chi connectivity index (χ3v) is 3.70. The van der Waals surface area contributed by atoms with Crippen molar-refractivity contribution in [3.63, 3.8) is 0 Å². The zero-order valence-corrected chi connectivity index (χ0v) is 10.8. The molecule has 15 heavy (non-hydrogen) atoms. The van der Waals surface area contributed by atoms with Crippen LogP contribution in [-0.2, 0) is 0 Å². The molecule has 1 aromatic heterocycles. The first-order valence-corrected chi connectivity index (χ1v) is 5.66. The molecule has 5 heteroatoms. The van der Waals surface area contributed by atoms with Gasteiger partial charge < -0.3 is 4.74 Å². The van der Waals surface area contributed by atoms with Gasteiger partial charge in [0.15, 0.2) is 0 Å². The molecule has 0 radical (unpaired) electrons. The molecule has 0 saturated heterocycles. The summed E-state index contributed by atoms with van der Waals surface area (Å²) in [5.74, 6) is 0.673. The summed E-state index contributed by atoms with van der Waals surface area (Å²) in [7, 11) is 1.59. The van der Waals surface area contributed by atoms with Crippen molar-refractivity contribution >= 4 is 50.0 Å². The van der Waals surface area contributed by atoms with Crippen molar-refractivity contribution in [2.45, 2.75) is 0 Å². The molecule has 0 aliphatic heterocycles. The maximum atomic E-state index is 6.08. The zero-order chi connectivity index (χ0) is 11.0. The van der Waals surface area contributed by atoms with Gasteiger partial charge in [-0.2, -0.15) is 0 Å². The lowest BCUT2D eigenvalue weighted by Gasteiger charge is -2.08. The van der Waals surface area contributed by atoms with E-state index in [4.69, 9.17) is 27.9 Å². The van der Waals surface area contributed by atoms with E-state index in [1.807, 2.05) is 0 Å². The highest BCUT2D eigenvalue weighted by molar-refractivity contribution is 9.10. The van der Waals surface area contributed by atoms with Crippen LogP contribution >= 0.6 is 39.1 Å². The zero-order valence-electron chi connectivity index (χ0n) is 7.72. The molecule has 0 saturated carbocycles. The number of aromatic nitrogens is 1. The Hall–Kier alpha value is -0.510.